The van der Waals surface area contributed by atoms with E-state index >= 15 is 0 Å². The van der Waals surface area contributed by atoms with Gasteiger partial charge in [0.25, 0.3) is 0 Å². The molecule has 23 heavy (non-hydrogen) atoms. The largest absolute Gasteiger partial charge is 0.508 e. The normalized spacial score (nSPS) is 11.7. The Bertz CT molecular complexity index is 620. The van der Waals surface area contributed by atoms with Gasteiger partial charge in [0.2, 0.25) is 0 Å². The molecule has 0 unspecified atom stereocenters. The molecule has 0 fully saturated rings. The topological polar surface area (TPSA) is 40.5 Å². The zero-order valence-corrected chi connectivity index (χ0v) is 15.7. The highest BCUT2D eigenvalue weighted by Gasteiger charge is 2.20. The van der Waals surface area contributed by atoms with Gasteiger partial charge in [0.05, 0.1) is 0 Å². The molecule has 2 rings (SSSR count). The lowest BCUT2D eigenvalue weighted by Gasteiger charge is -2.22. The van der Waals surface area contributed by atoms with Crippen molar-refractivity contribution < 1.29 is 10.2 Å². The Morgan fingerprint density at radius 3 is 1.48 bits per heavy atom. The predicted molar refractivity (Wildman–Crippen MR) is 100 cm³/mol. The molecule has 124 valence electrons. The van der Waals surface area contributed by atoms with Crippen LogP contribution < -0.4 is 0 Å². The summed E-state index contributed by atoms with van der Waals surface area (Å²) in [6.45, 7) is 8.70. The molecule has 2 aromatic carbocycles. The minimum atomic E-state index is -1.29. The average molecular weight is 329 g/mol. The van der Waals surface area contributed by atoms with E-state index in [1.165, 1.54) is 23.2 Å². The van der Waals surface area contributed by atoms with E-state index in [4.69, 9.17) is 0 Å². The van der Waals surface area contributed by atoms with Crippen molar-refractivity contribution in [3.8, 4) is 11.5 Å². The molecule has 0 saturated carbocycles. The number of hydrogen-bond donors (Lipinski definition) is 2. The molecule has 2 N–H and O–H groups in total. The van der Waals surface area contributed by atoms with E-state index in [1.54, 1.807) is 0 Å². The second-order valence-corrected chi connectivity index (χ2v) is 12.7. The summed E-state index contributed by atoms with van der Waals surface area (Å²) in [6, 6.07) is 14.5. The van der Waals surface area contributed by atoms with E-state index in [-0.39, 0.29) is 0 Å². The summed E-state index contributed by atoms with van der Waals surface area (Å²) in [5.41, 5.74) is 4.32. The Morgan fingerprint density at radius 2 is 1.13 bits per heavy atom. The van der Waals surface area contributed by atoms with Crippen molar-refractivity contribution in [1.82, 2.24) is 0 Å². The lowest BCUT2D eigenvalue weighted by Crippen LogP contribution is -2.26. The van der Waals surface area contributed by atoms with E-state index < -0.39 is 8.07 Å². The predicted octanol–water partition coefficient (Wildman–Crippen LogP) is 5.21. The molecule has 3 heteroatoms. The SMILES string of the molecule is Cc1ccc(CC[Si](C)(C)CCc2ccc(C)c(O)c2)cc1O. The molecule has 0 amide bonds. The van der Waals surface area contributed by atoms with E-state index in [0.29, 0.717) is 11.5 Å². The zero-order valence-electron chi connectivity index (χ0n) is 14.7. The highest BCUT2D eigenvalue weighted by Crippen LogP contribution is 2.25. The molecule has 0 spiro atoms. The molecular formula is C20H28O2Si. The Labute approximate surface area is 140 Å². The van der Waals surface area contributed by atoms with Crippen LogP contribution in [-0.2, 0) is 12.8 Å². The third kappa shape index (κ3) is 5.14. The van der Waals surface area contributed by atoms with Crippen molar-refractivity contribution >= 4 is 8.07 Å². The average Bonchev–Trinajstić information content (AvgIpc) is 2.50. The third-order valence-electron chi connectivity index (χ3n) is 4.73. The smallest absolute Gasteiger partial charge is 0.118 e. The summed E-state index contributed by atoms with van der Waals surface area (Å²) in [7, 11) is -1.29. The van der Waals surface area contributed by atoms with Gasteiger partial charge in [0.15, 0.2) is 0 Å². The molecule has 0 aliphatic heterocycles. The van der Waals surface area contributed by atoms with Gasteiger partial charge in [0.1, 0.15) is 11.5 Å². The number of hydrogen-bond acceptors (Lipinski definition) is 2. The monoisotopic (exact) mass is 328 g/mol. The third-order valence-corrected chi connectivity index (χ3v) is 7.94. The van der Waals surface area contributed by atoms with Gasteiger partial charge in [-0.1, -0.05) is 49.4 Å². The quantitative estimate of drug-likeness (QED) is 0.715. The zero-order chi connectivity index (χ0) is 17.0. The Morgan fingerprint density at radius 1 is 0.739 bits per heavy atom. The number of benzene rings is 2. The first kappa shape index (κ1) is 17.6. The second kappa shape index (κ2) is 7.22. The molecule has 2 aromatic rings. The summed E-state index contributed by atoms with van der Waals surface area (Å²) in [5.74, 6) is 0.800. The fourth-order valence-electron chi connectivity index (χ4n) is 2.71. The molecule has 0 atom stereocenters. The van der Waals surface area contributed by atoms with Crippen LogP contribution in [0, 0.1) is 13.8 Å². The molecular weight excluding hydrogens is 300 g/mol. The van der Waals surface area contributed by atoms with E-state index in [2.05, 4.69) is 25.2 Å². The van der Waals surface area contributed by atoms with Gasteiger partial charge in [-0.05, 0) is 61.1 Å². The Balaban J connectivity index is 1.90. The van der Waals surface area contributed by atoms with Crippen molar-refractivity contribution in [2.75, 3.05) is 0 Å². The highest BCUT2D eigenvalue weighted by atomic mass is 28.3. The van der Waals surface area contributed by atoms with Crippen LogP contribution in [0.2, 0.25) is 25.2 Å². The van der Waals surface area contributed by atoms with Crippen LogP contribution in [0.4, 0.5) is 0 Å². The lowest BCUT2D eigenvalue weighted by atomic mass is 10.1. The number of phenols is 2. The van der Waals surface area contributed by atoms with Crippen LogP contribution in [0.3, 0.4) is 0 Å². The van der Waals surface area contributed by atoms with Crippen molar-refractivity contribution in [3.05, 3.63) is 58.7 Å². The summed E-state index contributed by atoms with van der Waals surface area (Å²) in [6.07, 6.45) is 2.07. The van der Waals surface area contributed by atoms with Crippen molar-refractivity contribution in [1.29, 1.82) is 0 Å². The van der Waals surface area contributed by atoms with Gasteiger partial charge >= 0.3 is 0 Å². The van der Waals surface area contributed by atoms with Crippen LogP contribution in [0.5, 0.6) is 11.5 Å². The van der Waals surface area contributed by atoms with E-state index in [0.717, 1.165) is 24.0 Å². The highest BCUT2D eigenvalue weighted by molar-refractivity contribution is 6.77. The second-order valence-electron chi connectivity index (χ2n) is 7.41. The first-order chi connectivity index (χ1) is 10.8. The maximum absolute atomic E-state index is 9.82. The van der Waals surface area contributed by atoms with Crippen LogP contribution in [0.25, 0.3) is 0 Å². The number of rotatable bonds is 6. The standard InChI is InChI=1S/C20H28O2Si/c1-15-5-7-17(13-19(15)21)9-11-23(3,4)12-10-18-8-6-16(2)20(22)14-18/h5-8,13-14,21-22H,9-12H2,1-4H3. The maximum Gasteiger partial charge on any atom is 0.118 e. The van der Waals surface area contributed by atoms with Crippen molar-refractivity contribution in [3.63, 3.8) is 0 Å². The maximum atomic E-state index is 9.82. The van der Waals surface area contributed by atoms with Crippen molar-refractivity contribution in [2.45, 2.75) is 51.9 Å². The van der Waals surface area contributed by atoms with E-state index in [1.807, 2.05) is 38.1 Å². The Hall–Kier alpha value is -1.74. The summed E-state index contributed by atoms with van der Waals surface area (Å²) < 4.78 is 0. The first-order valence-corrected chi connectivity index (χ1v) is 11.8. The van der Waals surface area contributed by atoms with Crippen LogP contribution in [0.15, 0.2) is 36.4 Å². The number of aromatic hydroxyl groups is 2. The molecule has 0 heterocycles. The van der Waals surface area contributed by atoms with Crippen LogP contribution in [-0.4, -0.2) is 18.3 Å². The van der Waals surface area contributed by atoms with Gasteiger partial charge in [0, 0.05) is 8.07 Å². The fourth-order valence-corrected chi connectivity index (χ4v) is 4.89. The number of aryl methyl sites for hydroxylation is 4. The minimum Gasteiger partial charge on any atom is -0.508 e. The van der Waals surface area contributed by atoms with Gasteiger partial charge < -0.3 is 10.2 Å². The van der Waals surface area contributed by atoms with Gasteiger partial charge in [-0.25, -0.2) is 0 Å². The van der Waals surface area contributed by atoms with Crippen LogP contribution >= 0.6 is 0 Å². The van der Waals surface area contributed by atoms with Crippen molar-refractivity contribution in [2.24, 2.45) is 0 Å². The Kier molecular flexibility index (Phi) is 5.53. The summed E-state index contributed by atoms with van der Waals surface area (Å²) >= 11 is 0. The van der Waals surface area contributed by atoms with Gasteiger partial charge in [-0.15, -0.1) is 0 Å². The summed E-state index contributed by atoms with van der Waals surface area (Å²) in [4.78, 5) is 0. The fraction of sp³-hybridized carbons (Fsp3) is 0.400. The molecule has 0 aromatic heterocycles. The molecule has 0 aliphatic carbocycles. The van der Waals surface area contributed by atoms with Crippen LogP contribution in [0.1, 0.15) is 22.3 Å². The first-order valence-electron chi connectivity index (χ1n) is 8.34. The summed E-state index contributed by atoms with van der Waals surface area (Å²) in [5, 5.41) is 19.6. The number of phenolic OH excluding ortho intramolecular Hbond substituents is 2. The molecule has 2 nitrogen and oxygen atoms in total. The molecule has 0 bridgehead atoms. The molecule has 0 radical (unpaired) electrons. The molecule has 0 aliphatic rings. The van der Waals surface area contributed by atoms with Gasteiger partial charge in [-0.2, -0.15) is 0 Å². The lowest BCUT2D eigenvalue weighted by molar-refractivity contribution is 0.470. The van der Waals surface area contributed by atoms with E-state index in [9.17, 15) is 10.2 Å². The molecule has 0 saturated heterocycles. The van der Waals surface area contributed by atoms with Gasteiger partial charge in [-0.3, -0.25) is 0 Å². The minimum absolute atomic E-state index is 0.400.